The second-order valence-electron chi connectivity index (χ2n) is 4.35. The number of benzene rings is 2. The molecule has 3 nitrogen and oxygen atoms in total. The predicted molar refractivity (Wildman–Crippen MR) is 85.2 cm³/mol. The SMILES string of the molecule is COc1ccc(F)cc1C(CSc1ccccc1Cl)NN. The molecule has 1 atom stereocenters. The van der Waals surface area contributed by atoms with E-state index >= 15 is 0 Å². The van der Waals surface area contributed by atoms with E-state index in [1.807, 2.05) is 24.3 Å². The minimum atomic E-state index is -0.325. The minimum Gasteiger partial charge on any atom is -0.496 e. The number of nitrogens with one attached hydrogen (secondary N) is 1. The van der Waals surface area contributed by atoms with Crippen molar-refractivity contribution >= 4 is 23.4 Å². The Bertz CT molecular complexity index is 612. The van der Waals surface area contributed by atoms with Crippen LogP contribution in [-0.2, 0) is 0 Å². The molecule has 0 heterocycles. The first kappa shape index (κ1) is 16.1. The molecule has 0 saturated heterocycles. The molecule has 6 heteroatoms. The van der Waals surface area contributed by atoms with Crippen molar-refractivity contribution in [3.63, 3.8) is 0 Å². The summed E-state index contributed by atoms with van der Waals surface area (Å²) in [6.07, 6.45) is 0. The lowest BCUT2D eigenvalue weighted by Crippen LogP contribution is -2.30. The monoisotopic (exact) mass is 326 g/mol. The quantitative estimate of drug-likeness (QED) is 0.482. The summed E-state index contributed by atoms with van der Waals surface area (Å²) in [4.78, 5) is 0.954. The zero-order chi connectivity index (χ0) is 15.2. The van der Waals surface area contributed by atoms with Crippen LogP contribution in [0.15, 0.2) is 47.4 Å². The summed E-state index contributed by atoms with van der Waals surface area (Å²) in [6.45, 7) is 0. The van der Waals surface area contributed by atoms with Crippen molar-refractivity contribution in [3.8, 4) is 5.75 Å². The molecule has 112 valence electrons. The molecule has 3 N–H and O–H groups in total. The van der Waals surface area contributed by atoms with Gasteiger partial charge in [0.05, 0.1) is 18.2 Å². The van der Waals surface area contributed by atoms with Crippen molar-refractivity contribution < 1.29 is 9.13 Å². The van der Waals surface area contributed by atoms with Gasteiger partial charge in [0, 0.05) is 16.2 Å². The van der Waals surface area contributed by atoms with Gasteiger partial charge in [0.1, 0.15) is 11.6 Å². The second-order valence-corrected chi connectivity index (χ2v) is 5.82. The maximum Gasteiger partial charge on any atom is 0.123 e. The highest BCUT2D eigenvalue weighted by Gasteiger charge is 2.16. The van der Waals surface area contributed by atoms with E-state index < -0.39 is 0 Å². The van der Waals surface area contributed by atoms with Crippen LogP contribution in [0.1, 0.15) is 11.6 Å². The van der Waals surface area contributed by atoms with Gasteiger partial charge in [0.25, 0.3) is 0 Å². The molecule has 0 bridgehead atoms. The third-order valence-electron chi connectivity index (χ3n) is 3.01. The van der Waals surface area contributed by atoms with Gasteiger partial charge in [0.2, 0.25) is 0 Å². The van der Waals surface area contributed by atoms with Crippen LogP contribution in [0.25, 0.3) is 0 Å². The normalized spacial score (nSPS) is 12.2. The summed E-state index contributed by atoms with van der Waals surface area (Å²) in [6, 6.07) is 11.7. The summed E-state index contributed by atoms with van der Waals surface area (Å²) in [5.41, 5.74) is 3.38. The van der Waals surface area contributed by atoms with E-state index in [4.69, 9.17) is 22.2 Å². The molecule has 2 aromatic carbocycles. The Morgan fingerprint density at radius 1 is 1.33 bits per heavy atom. The molecular weight excluding hydrogens is 311 g/mol. The maximum atomic E-state index is 13.5. The fourth-order valence-corrected chi connectivity index (χ4v) is 3.24. The van der Waals surface area contributed by atoms with E-state index in [1.54, 1.807) is 24.9 Å². The van der Waals surface area contributed by atoms with Crippen LogP contribution in [0.4, 0.5) is 4.39 Å². The maximum absolute atomic E-state index is 13.5. The number of hydrogen-bond acceptors (Lipinski definition) is 4. The first-order valence-electron chi connectivity index (χ1n) is 6.32. The highest BCUT2D eigenvalue weighted by atomic mass is 35.5. The molecule has 1 unspecified atom stereocenters. The minimum absolute atomic E-state index is 0.253. The zero-order valence-electron chi connectivity index (χ0n) is 11.5. The molecule has 0 aliphatic heterocycles. The van der Waals surface area contributed by atoms with E-state index in [-0.39, 0.29) is 11.9 Å². The van der Waals surface area contributed by atoms with Gasteiger partial charge in [-0.1, -0.05) is 23.7 Å². The lowest BCUT2D eigenvalue weighted by molar-refractivity contribution is 0.401. The topological polar surface area (TPSA) is 47.3 Å². The van der Waals surface area contributed by atoms with Crippen LogP contribution >= 0.6 is 23.4 Å². The summed E-state index contributed by atoms with van der Waals surface area (Å²) >= 11 is 7.67. The van der Waals surface area contributed by atoms with Crippen molar-refractivity contribution in [2.24, 2.45) is 5.84 Å². The van der Waals surface area contributed by atoms with Crippen molar-refractivity contribution in [1.82, 2.24) is 5.43 Å². The average molecular weight is 327 g/mol. The van der Waals surface area contributed by atoms with Crippen LogP contribution in [-0.4, -0.2) is 12.9 Å². The number of nitrogens with two attached hydrogens (primary N) is 1. The Morgan fingerprint density at radius 3 is 2.76 bits per heavy atom. The van der Waals surface area contributed by atoms with E-state index in [2.05, 4.69) is 5.43 Å². The number of rotatable bonds is 6. The lowest BCUT2D eigenvalue weighted by Gasteiger charge is -2.19. The Hall–Kier alpha value is -1.27. The van der Waals surface area contributed by atoms with E-state index in [0.29, 0.717) is 22.1 Å². The van der Waals surface area contributed by atoms with Crippen molar-refractivity contribution in [2.45, 2.75) is 10.9 Å². The molecule has 2 rings (SSSR count). The Morgan fingerprint density at radius 2 is 2.10 bits per heavy atom. The molecular formula is C15H16ClFN2OS. The lowest BCUT2D eigenvalue weighted by atomic mass is 10.1. The van der Waals surface area contributed by atoms with E-state index in [0.717, 1.165) is 4.90 Å². The van der Waals surface area contributed by atoms with E-state index in [9.17, 15) is 4.39 Å². The molecule has 0 fully saturated rings. The van der Waals surface area contributed by atoms with Gasteiger partial charge in [-0.05, 0) is 30.3 Å². The highest BCUT2D eigenvalue weighted by Crippen LogP contribution is 2.33. The van der Waals surface area contributed by atoms with Gasteiger partial charge < -0.3 is 4.74 Å². The van der Waals surface area contributed by atoms with Crippen LogP contribution in [0.5, 0.6) is 5.75 Å². The molecule has 0 spiro atoms. The van der Waals surface area contributed by atoms with Gasteiger partial charge in [-0.15, -0.1) is 11.8 Å². The smallest absolute Gasteiger partial charge is 0.123 e. The molecule has 21 heavy (non-hydrogen) atoms. The summed E-state index contributed by atoms with van der Waals surface area (Å²) in [7, 11) is 1.55. The Balaban J connectivity index is 2.17. The van der Waals surface area contributed by atoms with Gasteiger partial charge >= 0.3 is 0 Å². The molecule has 2 aromatic rings. The van der Waals surface area contributed by atoms with Crippen LogP contribution < -0.4 is 16.0 Å². The number of ether oxygens (including phenoxy) is 1. The van der Waals surface area contributed by atoms with Crippen molar-refractivity contribution in [2.75, 3.05) is 12.9 Å². The standard InChI is InChI=1S/C15H16ClFN2OS/c1-20-14-7-6-10(17)8-11(14)13(19-18)9-21-15-5-3-2-4-12(15)16/h2-8,13,19H,9,18H2,1H3. The Kier molecular flexibility index (Phi) is 5.87. The van der Waals surface area contributed by atoms with Crippen molar-refractivity contribution in [1.29, 1.82) is 0 Å². The molecule has 0 aliphatic carbocycles. The van der Waals surface area contributed by atoms with Crippen LogP contribution in [0, 0.1) is 5.82 Å². The molecule has 0 aromatic heterocycles. The van der Waals surface area contributed by atoms with Crippen LogP contribution in [0.2, 0.25) is 5.02 Å². The van der Waals surface area contributed by atoms with E-state index in [1.165, 1.54) is 12.1 Å². The number of halogens is 2. The second kappa shape index (κ2) is 7.66. The van der Waals surface area contributed by atoms with Crippen LogP contribution in [0.3, 0.4) is 0 Å². The van der Waals surface area contributed by atoms with Gasteiger partial charge in [-0.25, -0.2) is 4.39 Å². The Labute approximate surface area is 132 Å². The molecule has 0 saturated carbocycles. The third-order valence-corrected chi connectivity index (χ3v) is 4.62. The van der Waals surface area contributed by atoms with Gasteiger partial charge in [-0.3, -0.25) is 11.3 Å². The summed E-state index contributed by atoms with van der Waals surface area (Å²) in [5.74, 6) is 6.47. The largest absolute Gasteiger partial charge is 0.496 e. The number of methoxy groups -OCH3 is 1. The predicted octanol–water partition coefficient (Wildman–Crippen LogP) is 3.78. The zero-order valence-corrected chi connectivity index (χ0v) is 13.0. The summed E-state index contributed by atoms with van der Waals surface area (Å²) in [5, 5.41) is 0.685. The average Bonchev–Trinajstić information content (AvgIpc) is 2.50. The highest BCUT2D eigenvalue weighted by molar-refractivity contribution is 7.99. The van der Waals surface area contributed by atoms with Gasteiger partial charge in [-0.2, -0.15) is 0 Å². The summed E-state index contributed by atoms with van der Waals surface area (Å²) < 4.78 is 18.7. The third kappa shape index (κ3) is 4.11. The fraction of sp³-hybridized carbons (Fsp3) is 0.200. The number of thioether (sulfide) groups is 1. The first-order valence-corrected chi connectivity index (χ1v) is 7.69. The fourth-order valence-electron chi connectivity index (χ4n) is 1.94. The molecule has 0 radical (unpaired) electrons. The molecule has 0 amide bonds. The van der Waals surface area contributed by atoms with Gasteiger partial charge in [0.15, 0.2) is 0 Å². The first-order chi connectivity index (χ1) is 10.2. The molecule has 0 aliphatic rings. The number of hydrogen-bond donors (Lipinski definition) is 2. The number of hydrazine groups is 1. The van der Waals surface area contributed by atoms with Crippen molar-refractivity contribution in [3.05, 3.63) is 58.9 Å².